The first-order valence-electron chi connectivity index (χ1n) is 10.7. The van der Waals surface area contributed by atoms with Crippen molar-refractivity contribution in [3.05, 3.63) is 17.7 Å². The maximum Gasteiger partial charge on any atom is 2.00 e. The van der Waals surface area contributed by atoms with Crippen molar-refractivity contribution >= 4 is 0 Å². The fourth-order valence-corrected chi connectivity index (χ4v) is 4.29. The van der Waals surface area contributed by atoms with Crippen molar-refractivity contribution in [1.82, 2.24) is 10.6 Å². The van der Waals surface area contributed by atoms with Crippen molar-refractivity contribution < 1.29 is 24.6 Å². The smallest absolute Gasteiger partial charge is 0.330 e. The van der Waals surface area contributed by atoms with Crippen molar-refractivity contribution in [2.45, 2.75) is 78.0 Å². The number of hydrogen-bond donors (Lipinski definition) is 3. The molecule has 0 amide bonds. The number of nitrogens with two attached hydrogens (primary N) is 1. The molecule has 5 nitrogen and oxygen atoms in total. The van der Waals surface area contributed by atoms with Crippen LogP contribution in [0.3, 0.4) is 0 Å². The van der Waals surface area contributed by atoms with E-state index in [4.69, 9.17) is 5.73 Å². The van der Waals surface area contributed by atoms with Gasteiger partial charge < -0.3 is 23.9 Å². The Bertz CT molecular complexity index is 430. The second-order valence-electron chi connectivity index (χ2n) is 8.92. The molecule has 158 valence electrons. The molecule has 4 N–H and O–H groups in total. The van der Waals surface area contributed by atoms with Crippen LogP contribution in [0.1, 0.15) is 59.8 Å². The number of nitrogens with zero attached hydrogens (tertiary/aromatic N) is 1. The molecule has 6 atom stereocenters. The molecular formula is C21H41N4OOs+. The predicted molar refractivity (Wildman–Crippen MR) is 108 cm³/mol. The van der Waals surface area contributed by atoms with E-state index in [-0.39, 0.29) is 38.0 Å². The molecule has 2 saturated heterocycles. The van der Waals surface area contributed by atoms with Gasteiger partial charge in [-0.25, -0.2) is 11.7 Å². The number of piperidine rings is 1. The Labute approximate surface area is 180 Å². The largest absolute Gasteiger partial charge is 2.00 e. The van der Waals surface area contributed by atoms with E-state index in [0.29, 0.717) is 17.8 Å². The van der Waals surface area contributed by atoms with Crippen LogP contribution in [0.2, 0.25) is 0 Å². The second-order valence-corrected chi connectivity index (χ2v) is 8.92. The van der Waals surface area contributed by atoms with Gasteiger partial charge >= 0.3 is 19.8 Å². The minimum atomic E-state index is -0.0536. The second kappa shape index (κ2) is 12.6. The van der Waals surface area contributed by atoms with Gasteiger partial charge in [0.25, 0.3) is 6.17 Å². The molecule has 0 aromatic carbocycles. The molecule has 0 saturated carbocycles. The van der Waals surface area contributed by atoms with Crippen molar-refractivity contribution in [1.29, 1.82) is 0 Å². The first-order valence-corrected chi connectivity index (χ1v) is 10.7. The third-order valence-corrected chi connectivity index (χ3v) is 6.38. The van der Waals surface area contributed by atoms with Gasteiger partial charge in [-0.05, 0) is 31.5 Å². The van der Waals surface area contributed by atoms with Gasteiger partial charge in [0.1, 0.15) is 0 Å². The summed E-state index contributed by atoms with van der Waals surface area (Å²) in [4.78, 5) is 12.1. The van der Waals surface area contributed by atoms with Crippen LogP contribution < -0.4 is 16.4 Å². The Morgan fingerprint density at radius 1 is 1.19 bits per heavy atom. The van der Waals surface area contributed by atoms with Crippen molar-refractivity contribution in [3.8, 4) is 0 Å². The molecule has 0 aliphatic carbocycles. The maximum atomic E-state index is 12.1. The zero-order chi connectivity index (χ0) is 19.1. The van der Waals surface area contributed by atoms with E-state index in [1.807, 2.05) is 6.92 Å². The van der Waals surface area contributed by atoms with Crippen LogP contribution in [0.25, 0.3) is 0 Å². The quantitative estimate of drug-likeness (QED) is 0.287. The Kier molecular flexibility index (Phi) is 11.8. The summed E-state index contributed by atoms with van der Waals surface area (Å²) in [6, 6.07) is 0.259. The van der Waals surface area contributed by atoms with E-state index < -0.39 is 0 Å². The van der Waals surface area contributed by atoms with Gasteiger partial charge in [-0.1, -0.05) is 33.6 Å². The number of hydrogen-bond acceptors (Lipinski definition) is 4. The molecule has 27 heavy (non-hydrogen) atoms. The third kappa shape index (κ3) is 8.17. The Morgan fingerprint density at radius 3 is 2.44 bits per heavy atom. The van der Waals surface area contributed by atoms with Gasteiger partial charge in [0.2, 0.25) is 6.04 Å². The molecule has 2 heterocycles. The molecule has 6 unspecified atom stereocenters. The van der Waals surface area contributed by atoms with Crippen molar-refractivity contribution in [3.63, 3.8) is 0 Å². The average molecular weight is 556 g/mol. The minimum Gasteiger partial charge on any atom is -0.330 e. The zero-order valence-electron chi connectivity index (χ0n) is 17.6. The van der Waals surface area contributed by atoms with Crippen LogP contribution in [0, 0.1) is 41.4 Å². The first-order chi connectivity index (χ1) is 12.4. The molecule has 6 heteroatoms. The summed E-state index contributed by atoms with van der Waals surface area (Å²) < 4.78 is 1.23. The average Bonchev–Trinajstić information content (AvgIpc) is 2.97. The third-order valence-electron chi connectivity index (χ3n) is 6.38. The van der Waals surface area contributed by atoms with Gasteiger partial charge in [-0.15, -0.1) is 0 Å². The minimum absolute atomic E-state index is 0. The van der Waals surface area contributed by atoms with Gasteiger partial charge in [0.15, 0.2) is 0 Å². The summed E-state index contributed by atoms with van der Waals surface area (Å²) in [6.45, 7) is 11.8. The Hall–Kier alpha value is 0.116. The van der Waals surface area contributed by atoms with E-state index in [1.54, 1.807) is 0 Å². The van der Waals surface area contributed by atoms with E-state index in [1.165, 1.54) is 17.6 Å². The van der Waals surface area contributed by atoms with E-state index >= 15 is 0 Å². The van der Waals surface area contributed by atoms with Gasteiger partial charge in [-0.2, -0.15) is 18.3 Å². The van der Waals surface area contributed by atoms with Gasteiger partial charge in [0, 0.05) is 22.5 Å². The molecule has 0 aromatic rings. The van der Waals surface area contributed by atoms with Crippen molar-refractivity contribution in [2.24, 2.45) is 29.4 Å². The van der Waals surface area contributed by atoms with Crippen LogP contribution >= 0.6 is 0 Å². The summed E-state index contributed by atoms with van der Waals surface area (Å²) in [5.74, 6) is 2.13. The first kappa shape index (κ1) is 25.2. The molecule has 2 rings (SSSR count). The van der Waals surface area contributed by atoms with E-state index in [9.17, 15) is 4.91 Å². The van der Waals surface area contributed by atoms with Crippen molar-refractivity contribution in [2.75, 3.05) is 19.6 Å². The topological polar surface area (TPSA) is 70.2 Å². The molecule has 0 aromatic heterocycles. The Morgan fingerprint density at radius 2 is 1.85 bits per heavy atom. The molecule has 2 aliphatic rings. The van der Waals surface area contributed by atoms with Crippen LogP contribution in [-0.4, -0.2) is 42.6 Å². The van der Waals surface area contributed by atoms with Gasteiger partial charge in [0.05, 0.1) is 6.54 Å². The van der Waals surface area contributed by atoms with Crippen LogP contribution in [-0.2, 0) is 19.8 Å². The van der Waals surface area contributed by atoms with Crippen LogP contribution in [0.4, 0.5) is 0 Å². The van der Waals surface area contributed by atoms with Crippen LogP contribution in [0.5, 0.6) is 0 Å². The number of rotatable bonds is 10. The molecule has 2 fully saturated rings. The summed E-state index contributed by atoms with van der Waals surface area (Å²) >= 11 is 0. The fraction of sp³-hybridized carbons (Fsp3) is 0.905. The molecule has 2 aliphatic heterocycles. The summed E-state index contributed by atoms with van der Waals surface area (Å²) in [5, 5.41) is 6.78. The normalized spacial score (nSPS) is 28.4. The molecule has 0 radical (unpaired) electrons. The summed E-state index contributed by atoms with van der Waals surface area (Å²) in [7, 11) is 0. The Balaban J connectivity index is 0.00000364. The van der Waals surface area contributed by atoms with E-state index in [0.717, 1.165) is 44.8 Å². The standard InChI is InChI=1S/C21H41N4O.Os/c1-15(5-7-19-9-11-23-12-10-19)6-8-20(22)16(2)13-17(3)21-24-14-18(4)25(21)26;/h6-7,15-21,23-24H,5,8-14,22H2,1-4H3;/q-1;+2. The summed E-state index contributed by atoms with van der Waals surface area (Å²) in [5.41, 5.74) is 6.45. The maximum absolute atomic E-state index is 12.1. The molecule has 0 bridgehead atoms. The summed E-state index contributed by atoms with van der Waals surface area (Å²) in [6.07, 6.45) is 10.6. The monoisotopic (exact) mass is 557 g/mol. The number of nitroso groups, excluding NO2 is 1. The van der Waals surface area contributed by atoms with E-state index in [2.05, 4.69) is 44.2 Å². The molecular weight excluding hydrogens is 514 g/mol. The van der Waals surface area contributed by atoms with Crippen LogP contribution in [0.15, 0.2) is 0 Å². The number of nitrogens with one attached hydrogen (secondary N) is 2. The predicted octanol–water partition coefficient (Wildman–Crippen LogP) is 2.89. The fourth-order valence-electron chi connectivity index (χ4n) is 4.29. The SMILES string of the molecule is CC([CH-]CC(N)C(C)CC(C)C1NCC(C)[N+]1=O)C[CH-]C1CCNCC1.[Os+2]. The zero-order valence-corrected chi connectivity index (χ0v) is 20.2. The van der Waals surface area contributed by atoms with Gasteiger partial charge in [-0.3, -0.25) is 0 Å². The molecule has 0 spiro atoms.